The lowest BCUT2D eigenvalue weighted by molar-refractivity contribution is 0.394. The van der Waals surface area contributed by atoms with Gasteiger partial charge in [0.15, 0.2) is 0 Å². The zero-order valence-electron chi connectivity index (χ0n) is 11.1. The minimum absolute atomic E-state index is 0.0864. The Morgan fingerprint density at radius 1 is 1.00 bits per heavy atom. The van der Waals surface area contributed by atoms with Crippen molar-refractivity contribution in [3.05, 3.63) is 59.7 Å². The molecule has 18 heavy (non-hydrogen) atoms. The van der Waals surface area contributed by atoms with Gasteiger partial charge in [0.1, 0.15) is 0 Å². The van der Waals surface area contributed by atoms with E-state index in [2.05, 4.69) is 68.6 Å². The van der Waals surface area contributed by atoms with E-state index in [0.29, 0.717) is 0 Å². The first-order valence-electron chi connectivity index (χ1n) is 6.44. The van der Waals surface area contributed by atoms with E-state index in [9.17, 15) is 0 Å². The standard InChI is InChI=1S/C17H18N/c1-17(2,3)18-16-14-10-6-4-8-12(14)13-9-5-7-11-15(13)16/h4-10,16,18H,1-3H3. The summed E-state index contributed by atoms with van der Waals surface area (Å²) in [5.74, 6) is 0. The SMILES string of the molecule is CC(C)(C)NC1c2[c]cccc2-c2ccccc21. The quantitative estimate of drug-likeness (QED) is 0.790. The predicted molar refractivity (Wildman–Crippen MR) is 75.4 cm³/mol. The van der Waals surface area contributed by atoms with Crippen LogP contribution in [0.3, 0.4) is 0 Å². The molecular weight excluding hydrogens is 218 g/mol. The maximum absolute atomic E-state index is 3.70. The molecule has 0 aromatic heterocycles. The lowest BCUT2D eigenvalue weighted by Gasteiger charge is -2.27. The van der Waals surface area contributed by atoms with Gasteiger partial charge in [0, 0.05) is 5.54 Å². The molecule has 3 rings (SSSR count). The molecule has 2 aromatic carbocycles. The molecule has 1 aliphatic carbocycles. The molecule has 0 heterocycles. The smallest absolute Gasteiger partial charge is 0.0599 e. The Hall–Kier alpha value is -1.60. The van der Waals surface area contributed by atoms with Gasteiger partial charge in [0.2, 0.25) is 0 Å². The number of fused-ring (bicyclic) bond motifs is 3. The molecule has 1 atom stereocenters. The number of nitrogens with one attached hydrogen (secondary N) is 1. The van der Waals surface area contributed by atoms with Crippen LogP contribution >= 0.6 is 0 Å². The van der Waals surface area contributed by atoms with Gasteiger partial charge in [0.25, 0.3) is 0 Å². The molecule has 0 aliphatic heterocycles. The summed E-state index contributed by atoms with van der Waals surface area (Å²) in [5, 5.41) is 3.70. The van der Waals surface area contributed by atoms with Crippen molar-refractivity contribution in [2.24, 2.45) is 0 Å². The van der Waals surface area contributed by atoms with Crippen LogP contribution in [0.4, 0.5) is 0 Å². The lowest BCUT2D eigenvalue weighted by Crippen LogP contribution is -2.38. The van der Waals surface area contributed by atoms with E-state index in [1.807, 2.05) is 6.07 Å². The third kappa shape index (κ3) is 1.85. The number of benzene rings is 2. The summed E-state index contributed by atoms with van der Waals surface area (Å²) >= 11 is 0. The highest BCUT2D eigenvalue weighted by Crippen LogP contribution is 2.43. The zero-order chi connectivity index (χ0) is 12.8. The van der Waals surface area contributed by atoms with E-state index >= 15 is 0 Å². The summed E-state index contributed by atoms with van der Waals surface area (Å²) in [4.78, 5) is 0. The Balaban J connectivity index is 2.15. The van der Waals surface area contributed by atoms with Gasteiger partial charge >= 0.3 is 0 Å². The van der Waals surface area contributed by atoms with Crippen molar-refractivity contribution in [1.82, 2.24) is 5.32 Å². The van der Waals surface area contributed by atoms with Gasteiger partial charge in [-0.25, -0.2) is 0 Å². The van der Waals surface area contributed by atoms with E-state index < -0.39 is 0 Å². The van der Waals surface area contributed by atoms with Crippen LogP contribution in [0.1, 0.15) is 37.9 Å². The highest BCUT2D eigenvalue weighted by molar-refractivity contribution is 5.78. The average molecular weight is 236 g/mol. The van der Waals surface area contributed by atoms with E-state index in [1.165, 1.54) is 22.3 Å². The Morgan fingerprint density at radius 3 is 2.50 bits per heavy atom. The summed E-state index contributed by atoms with van der Waals surface area (Å²) in [6, 6.07) is 18.6. The fourth-order valence-electron chi connectivity index (χ4n) is 2.66. The molecule has 1 unspecified atom stereocenters. The summed E-state index contributed by atoms with van der Waals surface area (Å²) in [6.07, 6.45) is 0. The third-order valence-electron chi connectivity index (χ3n) is 3.32. The van der Waals surface area contributed by atoms with E-state index in [-0.39, 0.29) is 11.6 Å². The van der Waals surface area contributed by atoms with Gasteiger partial charge in [-0.3, -0.25) is 0 Å². The maximum atomic E-state index is 3.70. The number of rotatable bonds is 1. The Kier molecular flexibility index (Phi) is 2.53. The van der Waals surface area contributed by atoms with Crippen molar-refractivity contribution in [2.45, 2.75) is 32.4 Å². The van der Waals surface area contributed by atoms with Gasteiger partial charge in [-0.05, 0) is 49.1 Å². The van der Waals surface area contributed by atoms with E-state index in [0.717, 1.165) is 0 Å². The lowest BCUT2D eigenvalue weighted by atomic mass is 10.0. The molecule has 0 saturated carbocycles. The fraction of sp³-hybridized carbons (Fsp3) is 0.294. The van der Waals surface area contributed by atoms with E-state index in [4.69, 9.17) is 0 Å². The van der Waals surface area contributed by atoms with Gasteiger partial charge < -0.3 is 5.32 Å². The Bertz CT molecular complexity index is 533. The molecule has 1 radical (unpaired) electrons. The minimum Gasteiger partial charge on any atom is -0.301 e. The molecule has 0 amide bonds. The largest absolute Gasteiger partial charge is 0.301 e. The van der Waals surface area contributed by atoms with Crippen LogP contribution in [-0.2, 0) is 0 Å². The fourth-order valence-corrected chi connectivity index (χ4v) is 2.66. The maximum Gasteiger partial charge on any atom is 0.0599 e. The molecule has 91 valence electrons. The monoisotopic (exact) mass is 236 g/mol. The van der Waals surface area contributed by atoms with Crippen LogP contribution in [0, 0.1) is 6.07 Å². The first kappa shape index (κ1) is 11.5. The molecule has 1 nitrogen and oxygen atoms in total. The second-order valence-electron chi connectivity index (χ2n) is 5.91. The van der Waals surface area contributed by atoms with Gasteiger partial charge in [-0.1, -0.05) is 42.5 Å². The summed E-state index contributed by atoms with van der Waals surface area (Å²) in [5.41, 5.74) is 5.38. The van der Waals surface area contributed by atoms with Gasteiger partial charge in [-0.15, -0.1) is 0 Å². The average Bonchev–Trinajstić information content (AvgIpc) is 2.64. The summed E-state index contributed by atoms with van der Waals surface area (Å²) < 4.78 is 0. The molecular formula is C17H18N. The van der Waals surface area contributed by atoms with Crippen LogP contribution < -0.4 is 5.32 Å². The van der Waals surface area contributed by atoms with Crippen molar-refractivity contribution < 1.29 is 0 Å². The van der Waals surface area contributed by atoms with E-state index in [1.54, 1.807) is 0 Å². The molecule has 0 bridgehead atoms. The molecule has 1 heteroatoms. The molecule has 1 aliphatic rings. The minimum atomic E-state index is 0.0864. The van der Waals surface area contributed by atoms with Crippen molar-refractivity contribution in [2.75, 3.05) is 0 Å². The van der Waals surface area contributed by atoms with Crippen molar-refractivity contribution >= 4 is 0 Å². The molecule has 0 fully saturated rings. The van der Waals surface area contributed by atoms with Gasteiger partial charge in [-0.2, -0.15) is 0 Å². The topological polar surface area (TPSA) is 12.0 Å². The summed E-state index contributed by atoms with van der Waals surface area (Å²) in [7, 11) is 0. The Morgan fingerprint density at radius 2 is 1.72 bits per heavy atom. The molecule has 1 N–H and O–H groups in total. The summed E-state index contributed by atoms with van der Waals surface area (Å²) in [6.45, 7) is 6.61. The van der Waals surface area contributed by atoms with Gasteiger partial charge in [0.05, 0.1) is 6.04 Å². The highest BCUT2D eigenvalue weighted by Gasteiger charge is 2.30. The second kappa shape index (κ2) is 3.96. The van der Waals surface area contributed by atoms with Crippen molar-refractivity contribution in [3.8, 4) is 11.1 Å². The van der Waals surface area contributed by atoms with Crippen LogP contribution in [0.5, 0.6) is 0 Å². The van der Waals surface area contributed by atoms with Crippen molar-refractivity contribution in [1.29, 1.82) is 0 Å². The first-order chi connectivity index (χ1) is 8.56. The zero-order valence-corrected chi connectivity index (χ0v) is 11.1. The normalized spacial score (nSPS) is 14.4. The van der Waals surface area contributed by atoms with Crippen LogP contribution in [0.15, 0.2) is 42.5 Å². The predicted octanol–water partition coefficient (Wildman–Crippen LogP) is 3.94. The Labute approximate surface area is 109 Å². The highest BCUT2D eigenvalue weighted by atomic mass is 15.0. The molecule has 0 spiro atoms. The van der Waals surface area contributed by atoms with Crippen molar-refractivity contribution in [3.63, 3.8) is 0 Å². The van der Waals surface area contributed by atoms with Crippen LogP contribution in [-0.4, -0.2) is 5.54 Å². The third-order valence-corrected chi connectivity index (χ3v) is 3.32. The molecule has 0 saturated heterocycles. The second-order valence-corrected chi connectivity index (χ2v) is 5.91. The molecule has 2 aromatic rings. The first-order valence-corrected chi connectivity index (χ1v) is 6.44. The number of hydrogen-bond donors (Lipinski definition) is 1. The van der Waals surface area contributed by atoms with Crippen LogP contribution in [0.2, 0.25) is 0 Å². The number of hydrogen-bond acceptors (Lipinski definition) is 1. The van der Waals surface area contributed by atoms with Crippen LogP contribution in [0.25, 0.3) is 11.1 Å².